The van der Waals surface area contributed by atoms with Crippen LogP contribution >= 0.6 is 0 Å². The van der Waals surface area contributed by atoms with Crippen molar-refractivity contribution in [1.82, 2.24) is 9.78 Å². The third-order valence-corrected chi connectivity index (χ3v) is 5.75. The number of hydrogen-bond acceptors (Lipinski definition) is 6. The van der Waals surface area contributed by atoms with Crippen molar-refractivity contribution in [1.29, 1.82) is 0 Å². The molecule has 8 nitrogen and oxygen atoms in total. The zero-order valence-electron chi connectivity index (χ0n) is 20.3. The van der Waals surface area contributed by atoms with Crippen molar-refractivity contribution in [3.63, 3.8) is 0 Å². The highest BCUT2D eigenvalue weighted by Crippen LogP contribution is 2.35. The lowest BCUT2D eigenvalue weighted by Crippen LogP contribution is -2.28. The Kier molecular flexibility index (Phi) is 8.17. The van der Waals surface area contributed by atoms with Gasteiger partial charge >= 0.3 is 5.97 Å². The van der Waals surface area contributed by atoms with E-state index in [0.29, 0.717) is 36.8 Å². The number of ether oxygens (including phenoxy) is 4. The second-order valence-corrected chi connectivity index (χ2v) is 7.98. The monoisotopic (exact) mass is 468 g/mol. The molecule has 0 aliphatic rings. The third-order valence-electron chi connectivity index (χ3n) is 5.75. The van der Waals surface area contributed by atoms with E-state index in [4.69, 9.17) is 29.2 Å². The lowest BCUT2D eigenvalue weighted by Gasteiger charge is -2.25. The topological polar surface area (TPSA) is 92.0 Å². The molecule has 182 valence electrons. The highest BCUT2D eigenvalue weighted by atomic mass is 16.5. The van der Waals surface area contributed by atoms with Crippen LogP contribution in [0.15, 0.2) is 48.5 Å². The van der Waals surface area contributed by atoms with Gasteiger partial charge in [-0.05, 0) is 44.5 Å². The second kappa shape index (κ2) is 11.1. The molecule has 0 radical (unpaired) electrons. The number of benzene rings is 2. The smallest absolute Gasteiger partial charge is 0.329 e. The molecule has 1 heterocycles. The van der Waals surface area contributed by atoms with Gasteiger partial charge in [-0.15, -0.1) is 0 Å². The molecule has 0 aliphatic carbocycles. The zero-order valence-corrected chi connectivity index (χ0v) is 20.3. The Morgan fingerprint density at radius 3 is 2.32 bits per heavy atom. The first kappa shape index (κ1) is 25.1. The maximum absolute atomic E-state index is 11.2. The van der Waals surface area contributed by atoms with Crippen molar-refractivity contribution >= 4 is 5.97 Å². The van der Waals surface area contributed by atoms with Crippen LogP contribution in [0.25, 0.3) is 11.3 Å². The van der Waals surface area contributed by atoms with Crippen LogP contribution < -0.4 is 14.2 Å². The average molecular weight is 469 g/mol. The van der Waals surface area contributed by atoms with E-state index in [-0.39, 0.29) is 0 Å². The van der Waals surface area contributed by atoms with Gasteiger partial charge in [0.05, 0.1) is 38.8 Å². The summed E-state index contributed by atoms with van der Waals surface area (Å²) in [5, 5.41) is 14.0. The normalized spacial score (nSPS) is 12.7. The van der Waals surface area contributed by atoms with Crippen LogP contribution in [-0.4, -0.2) is 48.3 Å². The number of carboxylic acid groups (broad SMARTS) is 1. The summed E-state index contributed by atoms with van der Waals surface area (Å²) in [6.45, 7) is 6.34. The summed E-state index contributed by atoms with van der Waals surface area (Å²) in [6.07, 6.45) is 0.549. The molecule has 0 spiro atoms. The highest BCUT2D eigenvalue weighted by molar-refractivity contribution is 5.68. The van der Waals surface area contributed by atoms with E-state index in [9.17, 15) is 4.79 Å². The molecule has 3 aromatic rings. The van der Waals surface area contributed by atoms with Crippen LogP contribution in [0.2, 0.25) is 0 Å². The summed E-state index contributed by atoms with van der Waals surface area (Å²) < 4.78 is 24.4. The van der Waals surface area contributed by atoms with Gasteiger partial charge in [0.2, 0.25) is 0 Å². The first-order valence-corrected chi connectivity index (χ1v) is 11.2. The minimum Gasteiger partial charge on any atom is -0.497 e. The molecule has 0 saturated heterocycles. The van der Waals surface area contributed by atoms with Crippen molar-refractivity contribution in [2.24, 2.45) is 0 Å². The minimum atomic E-state index is -1.03. The highest BCUT2D eigenvalue weighted by Gasteiger charge is 2.31. The largest absolute Gasteiger partial charge is 0.497 e. The first-order valence-electron chi connectivity index (χ1n) is 11.2. The first-order chi connectivity index (χ1) is 16.3. The molecule has 0 amide bonds. The fraction of sp³-hybridized carbons (Fsp3) is 0.385. The number of aromatic nitrogens is 2. The van der Waals surface area contributed by atoms with Crippen molar-refractivity contribution in [2.75, 3.05) is 27.4 Å². The Bertz CT molecular complexity index is 1100. The van der Waals surface area contributed by atoms with Crippen molar-refractivity contribution in [3.8, 4) is 28.5 Å². The molecule has 0 bridgehead atoms. The van der Waals surface area contributed by atoms with Crippen LogP contribution in [0.3, 0.4) is 0 Å². The van der Waals surface area contributed by atoms with Gasteiger partial charge in [-0.2, -0.15) is 5.10 Å². The Hall–Kier alpha value is -3.52. The number of para-hydroxylation sites is 1. The Labute approximate surface area is 200 Å². The quantitative estimate of drug-likeness (QED) is 0.410. The Balaban J connectivity index is 2.14. The van der Waals surface area contributed by atoms with E-state index in [1.807, 2.05) is 74.0 Å². The van der Waals surface area contributed by atoms with E-state index in [1.54, 1.807) is 14.2 Å². The number of hydrogen-bond donors (Lipinski definition) is 1. The Morgan fingerprint density at radius 1 is 1.06 bits per heavy atom. The van der Waals surface area contributed by atoms with Gasteiger partial charge < -0.3 is 24.1 Å². The van der Waals surface area contributed by atoms with Crippen LogP contribution in [-0.2, 0) is 21.7 Å². The van der Waals surface area contributed by atoms with Crippen LogP contribution in [0.1, 0.15) is 38.4 Å². The molecule has 0 saturated carbocycles. The number of carbonyl (C=O) groups is 1. The third kappa shape index (κ3) is 5.69. The standard InChI is InChI=1S/C26H32N2O6/c1-6-26(3,34-17-25(29)30)24-15-22(19-12-20(31-4)14-21(13-19)32-5)28(27-24)16-18-10-8-9-11-23(18)33-7-2/h8-15H,6-7,16-17H2,1-5H3,(H,29,30). The van der Waals surface area contributed by atoms with Crippen LogP contribution in [0.4, 0.5) is 0 Å². The summed E-state index contributed by atoms with van der Waals surface area (Å²) in [6, 6.07) is 15.4. The van der Waals surface area contributed by atoms with Gasteiger partial charge in [0, 0.05) is 17.2 Å². The zero-order chi connectivity index (χ0) is 24.7. The molecule has 8 heteroatoms. The summed E-state index contributed by atoms with van der Waals surface area (Å²) in [7, 11) is 3.21. The van der Waals surface area contributed by atoms with Crippen LogP contribution in [0, 0.1) is 0 Å². The van der Waals surface area contributed by atoms with E-state index >= 15 is 0 Å². The fourth-order valence-corrected chi connectivity index (χ4v) is 3.65. The predicted octanol–water partition coefficient (Wildman–Crippen LogP) is 4.74. The van der Waals surface area contributed by atoms with Gasteiger partial charge in [-0.25, -0.2) is 4.79 Å². The van der Waals surface area contributed by atoms with E-state index in [1.165, 1.54) is 0 Å². The molecule has 1 atom stereocenters. The predicted molar refractivity (Wildman–Crippen MR) is 129 cm³/mol. The second-order valence-electron chi connectivity index (χ2n) is 7.98. The average Bonchev–Trinajstić information content (AvgIpc) is 3.28. The van der Waals surface area contributed by atoms with Gasteiger partial charge in [-0.1, -0.05) is 25.1 Å². The van der Waals surface area contributed by atoms with E-state index < -0.39 is 18.2 Å². The molecule has 1 aromatic heterocycles. The SMILES string of the molecule is CCOc1ccccc1Cn1nc(C(C)(CC)OCC(=O)O)cc1-c1cc(OC)cc(OC)c1. The number of carboxylic acids is 1. The molecule has 2 aromatic carbocycles. The van der Waals surface area contributed by atoms with Crippen molar-refractivity contribution < 1.29 is 28.8 Å². The van der Waals surface area contributed by atoms with Crippen molar-refractivity contribution in [3.05, 3.63) is 59.8 Å². The van der Waals surface area contributed by atoms with Gasteiger partial charge in [0.1, 0.15) is 29.5 Å². The molecule has 1 N–H and O–H groups in total. The molecular formula is C26H32N2O6. The van der Waals surface area contributed by atoms with Crippen molar-refractivity contribution in [2.45, 2.75) is 39.3 Å². The summed E-state index contributed by atoms with van der Waals surface area (Å²) in [5.74, 6) is 1.07. The van der Waals surface area contributed by atoms with Gasteiger partial charge in [0.25, 0.3) is 0 Å². The summed E-state index contributed by atoms with van der Waals surface area (Å²) >= 11 is 0. The fourth-order valence-electron chi connectivity index (χ4n) is 3.65. The summed E-state index contributed by atoms with van der Waals surface area (Å²) in [4.78, 5) is 11.2. The summed E-state index contributed by atoms with van der Waals surface area (Å²) in [5.41, 5.74) is 2.40. The molecule has 3 rings (SSSR count). The molecule has 0 fully saturated rings. The van der Waals surface area contributed by atoms with E-state index in [2.05, 4.69) is 0 Å². The van der Waals surface area contributed by atoms with Gasteiger partial charge in [-0.3, -0.25) is 4.68 Å². The number of rotatable bonds is 12. The van der Waals surface area contributed by atoms with E-state index in [0.717, 1.165) is 22.6 Å². The lowest BCUT2D eigenvalue weighted by atomic mass is 9.98. The maximum atomic E-state index is 11.2. The molecule has 34 heavy (non-hydrogen) atoms. The van der Waals surface area contributed by atoms with Crippen LogP contribution in [0.5, 0.6) is 17.2 Å². The number of nitrogens with zero attached hydrogens (tertiary/aromatic N) is 2. The maximum Gasteiger partial charge on any atom is 0.329 e. The number of methoxy groups -OCH3 is 2. The lowest BCUT2D eigenvalue weighted by molar-refractivity contribution is -0.150. The number of aliphatic carboxylic acids is 1. The minimum absolute atomic E-state index is 0.410. The van der Waals surface area contributed by atoms with Gasteiger partial charge in [0.15, 0.2) is 0 Å². The molecule has 1 unspecified atom stereocenters. The molecule has 0 aliphatic heterocycles. The molecular weight excluding hydrogens is 436 g/mol. The Morgan fingerprint density at radius 2 is 1.74 bits per heavy atom.